The minimum absolute atomic E-state index is 0.300. The Bertz CT molecular complexity index is 1720. The van der Waals surface area contributed by atoms with Crippen molar-refractivity contribution in [3.05, 3.63) is 113 Å². The van der Waals surface area contributed by atoms with Gasteiger partial charge in [-0.2, -0.15) is 0 Å². The van der Waals surface area contributed by atoms with Gasteiger partial charge in [0, 0.05) is 20.1 Å². The van der Waals surface area contributed by atoms with Crippen LogP contribution in [0.3, 0.4) is 0 Å². The number of carbonyl (C=O) groups is 4. The second-order valence-electron chi connectivity index (χ2n) is 11.2. The van der Waals surface area contributed by atoms with Crippen LogP contribution >= 0.6 is 92.8 Å². The molecule has 8 N–H and O–H groups in total. The zero-order valence-electron chi connectivity index (χ0n) is 31.0. The molecule has 0 aliphatic carbocycles. The van der Waals surface area contributed by atoms with Crippen LogP contribution in [-0.4, -0.2) is 118 Å². The van der Waals surface area contributed by atoms with Gasteiger partial charge in [-0.25, -0.2) is 19.2 Å². The van der Waals surface area contributed by atoms with Crippen LogP contribution < -0.4 is 18.9 Å². The highest BCUT2D eigenvalue weighted by Gasteiger charge is 2.26. The van der Waals surface area contributed by atoms with Gasteiger partial charge in [0.1, 0.15) is 23.0 Å². The first-order valence-electron chi connectivity index (χ1n) is 16.2. The molecule has 0 amide bonds. The number of hydrogen-bond acceptors (Lipinski definition) is 12. The topological polar surface area (TPSA) is 267 Å². The number of halogens is 8. The first-order chi connectivity index (χ1) is 28.6. The molecule has 4 aromatic carbocycles. The molecular weight excluding hydrogens is 984 g/mol. The van der Waals surface area contributed by atoms with E-state index in [0.29, 0.717) is 63.2 Å². The van der Waals surface area contributed by atoms with E-state index < -0.39 is 82.1 Å². The number of aliphatic hydroxyl groups excluding tert-OH is 4. The normalized spacial score (nSPS) is 10.0. The van der Waals surface area contributed by atoms with Gasteiger partial charge in [0.05, 0.1) is 51.9 Å². The maximum atomic E-state index is 10.2. The Morgan fingerprint density at radius 3 is 0.672 bits per heavy atom. The number of benzene rings is 4. The van der Waals surface area contributed by atoms with Crippen LogP contribution in [0.4, 0.5) is 0 Å². The Morgan fingerprint density at radius 2 is 0.557 bits per heavy atom. The fraction of sp³-hybridized carbons (Fsp3) is 0.243. The lowest BCUT2D eigenvalue weighted by molar-refractivity contribution is -0.140. The van der Waals surface area contributed by atoms with Crippen LogP contribution in [0.2, 0.25) is 40.2 Å². The van der Waals surface area contributed by atoms with Crippen molar-refractivity contribution in [3.63, 3.8) is 0 Å². The third kappa shape index (κ3) is 25.6. The molecule has 0 aliphatic rings. The molecule has 4 aromatic rings. The first kappa shape index (κ1) is 57.1. The van der Waals surface area contributed by atoms with E-state index in [4.69, 9.17) is 153 Å². The Labute approximate surface area is 387 Å². The molecule has 0 aromatic heterocycles. The molecule has 24 heteroatoms. The van der Waals surface area contributed by atoms with Gasteiger partial charge in [-0.1, -0.05) is 92.8 Å². The third-order valence-corrected chi connectivity index (χ3v) is 8.44. The molecule has 0 aliphatic heterocycles. The fourth-order valence-corrected chi connectivity index (χ4v) is 5.08. The summed E-state index contributed by atoms with van der Waals surface area (Å²) in [4.78, 5) is 40.6. The Balaban J connectivity index is 0.000000742. The molecule has 0 fully saturated rings. The average molecular weight is 1020 g/mol. The van der Waals surface area contributed by atoms with Gasteiger partial charge in [-0.3, -0.25) is 0 Å². The van der Waals surface area contributed by atoms with Crippen molar-refractivity contribution in [1.82, 2.24) is 0 Å². The Hall–Kier alpha value is -3.88. The largest absolute Gasteiger partial charge is 0.480 e. The van der Waals surface area contributed by atoms with Crippen LogP contribution in [0.25, 0.3) is 0 Å². The predicted octanol–water partition coefficient (Wildman–Crippen LogP) is 7.77. The van der Waals surface area contributed by atoms with Crippen LogP contribution in [-0.2, 0) is 19.2 Å². The van der Waals surface area contributed by atoms with E-state index in [1.807, 2.05) is 0 Å². The van der Waals surface area contributed by atoms with Crippen molar-refractivity contribution < 1.29 is 79.0 Å². The van der Waals surface area contributed by atoms with Crippen molar-refractivity contribution in [2.45, 2.75) is 0 Å². The Morgan fingerprint density at radius 1 is 0.377 bits per heavy atom. The highest BCUT2D eigenvalue weighted by Crippen LogP contribution is 2.30. The van der Waals surface area contributed by atoms with Crippen LogP contribution in [0, 0.1) is 5.41 Å². The molecule has 0 heterocycles. The second kappa shape index (κ2) is 31.0. The number of aliphatic hydroxyl groups is 4. The summed E-state index contributed by atoms with van der Waals surface area (Å²) in [7, 11) is 0. The van der Waals surface area contributed by atoms with Crippen molar-refractivity contribution in [2.24, 2.45) is 5.41 Å². The van der Waals surface area contributed by atoms with Crippen molar-refractivity contribution >= 4 is 117 Å². The lowest BCUT2D eigenvalue weighted by Gasteiger charge is -2.23. The van der Waals surface area contributed by atoms with Gasteiger partial charge in [0.15, 0.2) is 26.4 Å². The first-order valence-corrected chi connectivity index (χ1v) is 19.3. The number of hydrogen-bond donors (Lipinski definition) is 8. The summed E-state index contributed by atoms with van der Waals surface area (Å²) in [6.07, 6.45) is 0. The average Bonchev–Trinajstić information content (AvgIpc) is 3.18. The minimum atomic E-state index is -1.11. The smallest absolute Gasteiger partial charge is 0.341 e. The van der Waals surface area contributed by atoms with Gasteiger partial charge in [0.25, 0.3) is 0 Å². The predicted molar refractivity (Wildman–Crippen MR) is 229 cm³/mol. The molecule has 0 unspecified atom stereocenters. The van der Waals surface area contributed by atoms with E-state index in [1.54, 1.807) is 24.3 Å². The maximum absolute atomic E-state index is 10.2. The molecule has 0 atom stereocenters. The molecule has 336 valence electrons. The molecular formula is C37H36Cl8O16. The van der Waals surface area contributed by atoms with Crippen molar-refractivity contribution in [2.75, 3.05) is 52.9 Å². The van der Waals surface area contributed by atoms with E-state index in [2.05, 4.69) is 0 Å². The molecule has 0 saturated carbocycles. The summed E-state index contributed by atoms with van der Waals surface area (Å²) in [5, 5.41) is 70.4. The number of rotatable bonds is 16. The molecule has 0 spiro atoms. The number of carboxylic acids is 4. The second-order valence-corrected chi connectivity index (χ2v) is 14.5. The fourth-order valence-electron chi connectivity index (χ4n) is 3.23. The SMILES string of the molecule is O=C(O)COc1ccc(Cl)cc1Cl.O=C(O)COc1ccc(Cl)cc1Cl.O=C(O)COc1ccc(Cl)cc1Cl.O=C(O)COc1ccc(Cl)cc1Cl.OCC(CO)(CO)CO. The summed E-state index contributed by atoms with van der Waals surface area (Å²) in [6, 6.07) is 18.3. The zero-order valence-corrected chi connectivity index (χ0v) is 37.0. The summed E-state index contributed by atoms with van der Waals surface area (Å²) >= 11 is 45.3. The monoisotopic (exact) mass is 1020 g/mol. The quantitative estimate of drug-likeness (QED) is 0.0533. The lowest BCUT2D eigenvalue weighted by atomic mass is 9.93. The zero-order chi connectivity index (χ0) is 46.7. The van der Waals surface area contributed by atoms with E-state index in [-0.39, 0.29) is 0 Å². The van der Waals surface area contributed by atoms with E-state index in [0.717, 1.165) is 0 Å². The Kier molecular flexibility index (Phi) is 29.1. The van der Waals surface area contributed by atoms with Gasteiger partial charge in [0.2, 0.25) is 0 Å². The molecule has 0 saturated heterocycles. The third-order valence-electron chi connectivity index (χ3n) is 6.32. The highest BCUT2D eigenvalue weighted by atomic mass is 35.5. The summed E-state index contributed by atoms with van der Waals surface area (Å²) in [5.74, 6) is -2.95. The number of aliphatic carboxylic acids is 4. The minimum Gasteiger partial charge on any atom is -0.480 e. The maximum Gasteiger partial charge on any atom is 0.341 e. The van der Waals surface area contributed by atoms with Gasteiger partial charge in [-0.15, -0.1) is 0 Å². The lowest BCUT2D eigenvalue weighted by Crippen LogP contribution is -2.37. The number of ether oxygens (including phenoxy) is 4. The van der Waals surface area contributed by atoms with Crippen molar-refractivity contribution in [3.8, 4) is 23.0 Å². The standard InChI is InChI=1S/4C8H6Cl2O3.C5H12O4/c4*9-5-1-2-7(6(10)3-5)13-4-8(11)12;6-1-5(2-7,3-8)4-9/h4*1-3H,4H2,(H,11,12);6-9H,1-4H2. The molecule has 61 heavy (non-hydrogen) atoms. The van der Waals surface area contributed by atoms with E-state index in [9.17, 15) is 19.2 Å². The summed E-state index contributed by atoms with van der Waals surface area (Å²) in [6.45, 7) is -3.29. The summed E-state index contributed by atoms with van der Waals surface area (Å²) in [5.41, 5.74) is -1.11. The van der Waals surface area contributed by atoms with Crippen LogP contribution in [0.1, 0.15) is 0 Å². The van der Waals surface area contributed by atoms with Crippen LogP contribution in [0.15, 0.2) is 72.8 Å². The molecule has 0 radical (unpaired) electrons. The number of carboxylic acid groups (broad SMARTS) is 4. The van der Waals surface area contributed by atoms with Crippen molar-refractivity contribution in [1.29, 1.82) is 0 Å². The molecule has 4 rings (SSSR count). The summed E-state index contributed by atoms with van der Waals surface area (Å²) < 4.78 is 19.5. The van der Waals surface area contributed by atoms with Crippen LogP contribution in [0.5, 0.6) is 23.0 Å². The van der Waals surface area contributed by atoms with Gasteiger partial charge >= 0.3 is 23.9 Å². The highest BCUT2D eigenvalue weighted by molar-refractivity contribution is 6.37. The van der Waals surface area contributed by atoms with E-state index >= 15 is 0 Å². The van der Waals surface area contributed by atoms with Gasteiger partial charge < -0.3 is 59.8 Å². The molecule has 16 nitrogen and oxygen atoms in total. The van der Waals surface area contributed by atoms with E-state index in [1.165, 1.54) is 48.5 Å². The van der Waals surface area contributed by atoms with Gasteiger partial charge in [-0.05, 0) is 72.8 Å². The molecule has 0 bridgehead atoms.